The Labute approximate surface area is 93.6 Å². The molecule has 0 amide bonds. The van der Waals surface area contributed by atoms with Gasteiger partial charge in [-0.05, 0) is 33.1 Å². The van der Waals surface area contributed by atoms with Crippen LogP contribution in [-0.2, 0) is 9.84 Å². The summed E-state index contributed by atoms with van der Waals surface area (Å²) in [5.41, 5.74) is 0. The molecule has 1 aliphatic rings. The van der Waals surface area contributed by atoms with Gasteiger partial charge in [0.25, 0.3) is 0 Å². The summed E-state index contributed by atoms with van der Waals surface area (Å²) < 4.78 is 23.0. The van der Waals surface area contributed by atoms with Crippen molar-refractivity contribution in [3.05, 3.63) is 0 Å². The van der Waals surface area contributed by atoms with Gasteiger partial charge in [0.2, 0.25) is 0 Å². The van der Waals surface area contributed by atoms with Crippen LogP contribution in [0.1, 0.15) is 40.0 Å². The Kier molecular flexibility index (Phi) is 4.59. The molecule has 15 heavy (non-hydrogen) atoms. The Hall–Kier alpha value is -0.0900. The summed E-state index contributed by atoms with van der Waals surface area (Å²) in [5, 5.41) is 3.03. The molecule has 4 heteroatoms. The van der Waals surface area contributed by atoms with Crippen LogP contribution in [0, 0.1) is 5.92 Å². The van der Waals surface area contributed by atoms with Gasteiger partial charge in [-0.2, -0.15) is 0 Å². The number of sulfone groups is 1. The topological polar surface area (TPSA) is 46.2 Å². The zero-order chi connectivity index (χ0) is 11.5. The summed E-state index contributed by atoms with van der Waals surface area (Å²) in [7, 11) is -2.87. The predicted molar refractivity (Wildman–Crippen MR) is 63.7 cm³/mol. The van der Waals surface area contributed by atoms with E-state index in [9.17, 15) is 8.42 Å². The average molecular weight is 233 g/mol. The molecule has 1 fully saturated rings. The van der Waals surface area contributed by atoms with Gasteiger partial charge in [-0.25, -0.2) is 8.42 Å². The first-order valence-electron chi connectivity index (χ1n) is 5.86. The lowest BCUT2D eigenvalue weighted by Crippen LogP contribution is -2.33. The van der Waals surface area contributed by atoms with E-state index in [0.29, 0.717) is 12.6 Å². The number of rotatable bonds is 7. The van der Waals surface area contributed by atoms with Gasteiger partial charge >= 0.3 is 0 Å². The Morgan fingerprint density at radius 2 is 1.87 bits per heavy atom. The van der Waals surface area contributed by atoms with Gasteiger partial charge in [-0.3, -0.25) is 0 Å². The third-order valence-electron chi connectivity index (χ3n) is 2.98. The largest absolute Gasteiger partial charge is 0.313 e. The maximum atomic E-state index is 11.5. The molecule has 1 saturated carbocycles. The maximum absolute atomic E-state index is 11.5. The summed E-state index contributed by atoms with van der Waals surface area (Å²) in [5.74, 6) is 1.16. The molecule has 1 unspecified atom stereocenters. The van der Waals surface area contributed by atoms with E-state index >= 15 is 0 Å². The third-order valence-corrected chi connectivity index (χ3v) is 5.19. The highest BCUT2D eigenvalue weighted by Crippen LogP contribution is 2.33. The van der Waals surface area contributed by atoms with E-state index in [4.69, 9.17) is 0 Å². The minimum absolute atomic E-state index is 0.252. The molecule has 0 heterocycles. The van der Waals surface area contributed by atoms with Crippen molar-refractivity contribution in [2.24, 2.45) is 5.92 Å². The van der Waals surface area contributed by atoms with Crippen molar-refractivity contribution < 1.29 is 8.42 Å². The van der Waals surface area contributed by atoms with E-state index < -0.39 is 9.84 Å². The maximum Gasteiger partial charge on any atom is 0.153 e. The van der Waals surface area contributed by atoms with Crippen LogP contribution in [0.15, 0.2) is 0 Å². The molecule has 0 aromatic carbocycles. The Bertz CT molecular complexity index is 281. The van der Waals surface area contributed by atoms with Crippen molar-refractivity contribution in [1.29, 1.82) is 0 Å². The molecule has 0 bridgehead atoms. The van der Waals surface area contributed by atoms with Crippen LogP contribution in [0.2, 0.25) is 0 Å². The average Bonchev–Trinajstić information content (AvgIpc) is 2.87. The highest BCUT2D eigenvalue weighted by Gasteiger charge is 2.23. The van der Waals surface area contributed by atoms with Crippen molar-refractivity contribution in [2.75, 3.05) is 12.3 Å². The second kappa shape index (κ2) is 5.30. The molecule has 1 N–H and O–H groups in total. The van der Waals surface area contributed by atoms with E-state index in [2.05, 4.69) is 12.2 Å². The predicted octanol–water partition coefficient (Wildman–Crippen LogP) is 1.59. The highest BCUT2D eigenvalue weighted by molar-refractivity contribution is 7.92. The molecule has 1 rings (SSSR count). The van der Waals surface area contributed by atoms with Crippen molar-refractivity contribution in [2.45, 2.75) is 51.3 Å². The number of hydrogen-bond donors (Lipinski definition) is 1. The molecule has 0 radical (unpaired) electrons. The first-order chi connectivity index (χ1) is 6.92. The monoisotopic (exact) mass is 233 g/mol. The second-order valence-electron chi connectivity index (χ2n) is 4.95. The van der Waals surface area contributed by atoms with E-state index in [-0.39, 0.29) is 11.0 Å². The normalized spacial score (nSPS) is 19.5. The summed E-state index contributed by atoms with van der Waals surface area (Å²) in [6.45, 7) is 6.21. The molecular weight excluding hydrogens is 210 g/mol. The zero-order valence-corrected chi connectivity index (χ0v) is 10.8. The Morgan fingerprint density at radius 1 is 1.27 bits per heavy atom. The second-order valence-corrected chi connectivity index (χ2v) is 7.63. The summed E-state index contributed by atoms with van der Waals surface area (Å²) >= 11 is 0. The van der Waals surface area contributed by atoms with Gasteiger partial charge in [0.15, 0.2) is 9.84 Å². The SMILES string of the molecule is CC(CC1CC1)NCCS(=O)(=O)C(C)C. The zero-order valence-electron chi connectivity index (χ0n) is 9.99. The van der Waals surface area contributed by atoms with Gasteiger partial charge in [0.1, 0.15) is 0 Å². The minimum atomic E-state index is -2.87. The molecule has 1 atom stereocenters. The van der Waals surface area contributed by atoms with Crippen molar-refractivity contribution in [3.63, 3.8) is 0 Å². The Morgan fingerprint density at radius 3 is 2.33 bits per heavy atom. The molecular formula is C11H23NO2S. The van der Waals surface area contributed by atoms with Crippen molar-refractivity contribution in [3.8, 4) is 0 Å². The molecule has 90 valence electrons. The quantitative estimate of drug-likeness (QED) is 0.726. The van der Waals surface area contributed by atoms with E-state index in [1.807, 2.05) is 0 Å². The molecule has 0 aromatic heterocycles. The highest BCUT2D eigenvalue weighted by atomic mass is 32.2. The molecule has 0 aliphatic heterocycles. The lowest BCUT2D eigenvalue weighted by molar-refractivity contribution is 0.499. The fraction of sp³-hybridized carbons (Fsp3) is 1.00. The fourth-order valence-electron chi connectivity index (χ4n) is 1.62. The summed E-state index contributed by atoms with van der Waals surface area (Å²) in [6, 6.07) is 0.458. The summed E-state index contributed by atoms with van der Waals surface area (Å²) in [4.78, 5) is 0. The van der Waals surface area contributed by atoms with E-state index in [1.165, 1.54) is 19.3 Å². The van der Waals surface area contributed by atoms with Crippen LogP contribution in [0.25, 0.3) is 0 Å². The molecule has 0 saturated heterocycles. The smallest absolute Gasteiger partial charge is 0.153 e. The van der Waals surface area contributed by atoms with Crippen LogP contribution in [-0.4, -0.2) is 32.0 Å². The van der Waals surface area contributed by atoms with Crippen molar-refractivity contribution >= 4 is 9.84 Å². The molecule has 3 nitrogen and oxygen atoms in total. The van der Waals surface area contributed by atoms with Gasteiger partial charge in [-0.15, -0.1) is 0 Å². The van der Waals surface area contributed by atoms with Gasteiger partial charge in [0, 0.05) is 12.6 Å². The van der Waals surface area contributed by atoms with Gasteiger partial charge < -0.3 is 5.32 Å². The summed E-state index contributed by atoms with van der Waals surface area (Å²) in [6.07, 6.45) is 3.91. The molecule has 0 spiro atoms. The number of hydrogen-bond acceptors (Lipinski definition) is 3. The fourth-order valence-corrected chi connectivity index (χ4v) is 2.49. The van der Waals surface area contributed by atoms with E-state index in [0.717, 1.165) is 5.92 Å². The van der Waals surface area contributed by atoms with Crippen molar-refractivity contribution in [1.82, 2.24) is 5.32 Å². The lowest BCUT2D eigenvalue weighted by atomic mass is 10.2. The minimum Gasteiger partial charge on any atom is -0.313 e. The van der Waals surface area contributed by atoms with Crippen LogP contribution in [0.5, 0.6) is 0 Å². The van der Waals surface area contributed by atoms with E-state index in [1.54, 1.807) is 13.8 Å². The third kappa shape index (κ3) is 4.98. The van der Waals surface area contributed by atoms with Crippen LogP contribution in [0.3, 0.4) is 0 Å². The number of nitrogens with one attached hydrogen (secondary N) is 1. The van der Waals surface area contributed by atoms with Crippen LogP contribution < -0.4 is 5.32 Å². The van der Waals surface area contributed by atoms with Crippen LogP contribution >= 0.6 is 0 Å². The van der Waals surface area contributed by atoms with Crippen LogP contribution in [0.4, 0.5) is 0 Å². The van der Waals surface area contributed by atoms with Gasteiger partial charge in [0.05, 0.1) is 11.0 Å². The first kappa shape index (κ1) is 13.0. The first-order valence-corrected chi connectivity index (χ1v) is 7.58. The van der Waals surface area contributed by atoms with Gasteiger partial charge in [-0.1, -0.05) is 12.8 Å². The molecule has 1 aliphatic carbocycles. The standard InChI is InChI=1S/C11H23NO2S/c1-9(2)15(13,14)7-6-12-10(3)8-11-4-5-11/h9-12H,4-8H2,1-3H3. The molecule has 0 aromatic rings. The Balaban J connectivity index is 2.14. The lowest BCUT2D eigenvalue weighted by Gasteiger charge is -2.14.